The minimum Gasteiger partial charge on any atom is -0.414 e. The van der Waals surface area contributed by atoms with E-state index in [2.05, 4.69) is 57.4 Å². The first-order valence-corrected chi connectivity index (χ1v) is 12.1. The predicted octanol–water partition coefficient (Wildman–Crippen LogP) is 5.13. The van der Waals surface area contributed by atoms with Crippen LogP contribution in [0.1, 0.15) is 46.5 Å². The third kappa shape index (κ3) is 3.31. The van der Waals surface area contributed by atoms with Crippen molar-refractivity contribution in [2.75, 3.05) is 11.5 Å². The molecule has 0 aromatic carbocycles. The number of hydrogen-bond donors (Lipinski definition) is 0. The van der Waals surface area contributed by atoms with Crippen LogP contribution in [0.2, 0.25) is 18.1 Å². The summed E-state index contributed by atoms with van der Waals surface area (Å²) < 4.78 is 7.12. The molecular formula is C14H28OS2Si. The lowest BCUT2D eigenvalue weighted by Gasteiger charge is -2.39. The van der Waals surface area contributed by atoms with Crippen LogP contribution in [0.15, 0.2) is 0 Å². The van der Waals surface area contributed by atoms with Crippen molar-refractivity contribution in [1.82, 2.24) is 0 Å². The highest BCUT2D eigenvalue weighted by molar-refractivity contribution is 8.18. The van der Waals surface area contributed by atoms with Crippen molar-refractivity contribution in [1.29, 1.82) is 0 Å². The summed E-state index contributed by atoms with van der Waals surface area (Å²) in [6.45, 7) is 11.8. The fourth-order valence-electron chi connectivity index (χ4n) is 2.51. The molecule has 1 unspecified atom stereocenters. The first-order chi connectivity index (χ1) is 8.24. The molecule has 1 nitrogen and oxygen atoms in total. The van der Waals surface area contributed by atoms with E-state index in [-0.39, 0.29) is 0 Å². The van der Waals surface area contributed by atoms with Gasteiger partial charge in [-0.15, -0.1) is 23.5 Å². The quantitative estimate of drug-likeness (QED) is 0.655. The zero-order valence-electron chi connectivity index (χ0n) is 12.5. The second-order valence-electron chi connectivity index (χ2n) is 7.20. The molecule has 0 radical (unpaired) electrons. The van der Waals surface area contributed by atoms with Crippen LogP contribution in [0.4, 0.5) is 0 Å². The summed E-state index contributed by atoms with van der Waals surface area (Å²) in [6, 6.07) is 0. The Morgan fingerprint density at radius 3 is 2.33 bits per heavy atom. The molecule has 0 amide bonds. The maximum Gasteiger partial charge on any atom is 0.192 e. The molecule has 1 spiro atoms. The summed E-state index contributed by atoms with van der Waals surface area (Å²) in [6.07, 6.45) is 5.86. The molecule has 106 valence electrons. The van der Waals surface area contributed by atoms with E-state index in [1.54, 1.807) is 0 Å². The Labute approximate surface area is 122 Å². The molecular weight excluding hydrogens is 276 g/mol. The largest absolute Gasteiger partial charge is 0.414 e. The Balaban J connectivity index is 1.93. The minimum absolute atomic E-state index is 0.343. The third-order valence-corrected chi connectivity index (χ3v) is 12.7. The molecule has 2 fully saturated rings. The molecule has 1 atom stereocenters. The predicted molar refractivity (Wildman–Crippen MR) is 88.2 cm³/mol. The molecule has 1 saturated heterocycles. The van der Waals surface area contributed by atoms with Gasteiger partial charge >= 0.3 is 0 Å². The fourth-order valence-corrected chi connectivity index (χ4v) is 7.36. The molecule has 18 heavy (non-hydrogen) atoms. The maximum absolute atomic E-state index is 6.60. The number of hydrogen-bond acceptors (Lipinski definition) is 3. The second kappa shape index (κ2) is 5.34. The molecule has 2 rings (SSSR count). The summed E-state index contributed by atoms with van der Waals surface area (Å²) in [7, 11) is -1.57. The van der Waals surface area contributed by atoms with Crippen LogP contribution in [-0.4, -0.2) is 30.0 Å². The van der Waals surface area contributed by atoms with Gasteiger partial charge in [0.1, 0.15) is 0 Å². The lowest BCUT2D eigenvalue weighted by Crippen LogP contribution is -2.43. The summed E-state index contributed by atoms with van der Waals surface area (Å²) in [5.41, 5.74) is 0. The molecule has 1 saturated carbocycles. The first-order valence-electron chi connectivity index (χ1n) is 7.20. The van der Waals surface area contributed by atoms with Gasteiger partial charge < -0.3 is 4.43 Å². The Bertz CT molecular complexity index is 293. The number of thioether (sulfide) groups is 2. The van der Waals surface area contributed by atoms with Crippen LogP contribution in [-0.2, 0) is 4.43 Å². The van der Waals surface area contributed by atoms with Gasteiger partial charge in [-0.05, 0) is 55.3 Å². The van der Waals surface area contributed by atoms with Crippen LogP contribution in [0.25, 0.3) is 0 Å². The van der Waals surface area contributed by atoms with E-state index >= 15 is 0 Å². The van der Waals surface area contributed by atoms with Crippen LogP contribution in [0.5, 0.6) is 0 Å². The molecule has 4 heteroatoms. The van der Waals surface area contributed by atoms with E-state index in [0.717, 1.165) is 0 Å². The smallest absolute Gasteiger partial charge is 0.192 e. The lowest BCUT2D eigenvalue weighted by molar-refractivity contribution is 0.187. The topological polar surface area (TPSA) is 9.23 Å². The van der Waals surface area contributed by atoms with Crippen molar-refractivity contribution in [2.24, 2.45) is 0 Å². The van der Waals surface area contributed by atoms with Gasteiger partial charge in [0.15, 0.2) is 8.32 Å². The monoisotopic (exact) mass is 304 g/mol. The summed E-state index contributed by atoms with van der Waals surface area (Å²) in [5.74, 6) is 2.72. The first kappa shape index (κ1) is 15.3. The standard InChI is InChI=1S/C14H28OS2Si/c1-13(2,3)18(4,5)15-12-7-8-14(11-12)16-9-6-10-17-14/h12H,6-11H2,1-5H3. The molecule has 0 N–H and O–H groups in total. The van der Waals surface area contributed by atoms with Gasteiger partial charge in [-0.2, -0.15) is 0 Å². The Morgan fingerprint density at radius 2 is 1.78 bits per heavy atom. The number of rotatable bonds is 2. The molecule has 0 aromatic heterocycles. The summed E-state index contributed by atoms with van der Waals surface area (Å²) in [5, 5.41) is 0.343. The van der Waals surface area contributed by atoms with Crippen LogP contribution >= 0.6 is 23.5 Å². The Kier molecular flexibility index (Phi) is 4.53. The van der Waals surface area contributed by atoms with Gasteiger partial charge in [0.2, 0.25) is 0 Å². The average molecular weight is 305 g/mol. The molecule has 0 aromatic rings. The van der Waals surface area contributed by atoms with E-state index < -0.39 is 8.32 Å². The molecule has 1 aliphatic heterocycles. The Morgan fingerprint density at radius 1 is 1.17 bits per heavy atom. The average Bonchev–Trinajstić information content (AvgIpc) is 2.60. The van der Waals surface area contributed by atoms with Crippen molar-refractivity contribution < 1.29 is 4.43 Å². The van der Waals surface area contributed by atoms with Gasteiger partial charge in [0.05, 0.1) is 4.08 Å². The van der Waals surface area contributed by atoms with Crippen molar-refractivity contribution in [2.45, 2.75) is 74.8 Å². The van der Waals surface area contributed by atoms with Crippen molar-refractivity contribution in [3.8, 4) is 0 Å². The SMILES string of the molecule is CC(C)(C)[Si](C)(C)OC1CCC2(C1)SCCCS2. The minimum atomic E-state index is -1.57. The van der Waals surface area contributed by atoms with Crippen molar-refractivity contribution >= 4 is 31.8 Å². The normalized spacial score (nSPS) is 28.8. The molecule has 2 aliphatic rings. The Hall–Kier alpha value is 0.877. The maximum atomic E-state index is 6.60. The zero-order chi connectivity index (χ0) is 13.4. The van der Waals surface area contributed by atoms with Gasteiger partial charge in [-0.1, -0.05) is 20.8 Å². The van der Waals surface area contributed by atoms with Crippen molar-refractivity contribution in [3.63, 3.8) is 0 Å². The van der Waals surface area contributed by atoms with E-state index in [1.165, 1.54) is 37.2 Å². The molecule has 1 aliphatic carbocycles. The molecule has 1 heterocycles. The van der Waals surface area contributed by atoms with Crippen molar-refractivity contribution in [3.05, 3.63) is 0 Å². The summed E-state index contributed by atoms with van der Waals surface area (Å²) >= 11 is 4.42. The van der Waals surface area contributed by atoms with E-state index in [1.807, 2.05) is 0 Å². The highest BCUT2D eigenvalue weighted by atomic mass is 32.2. The van der Waals surface area contributed by atoms with E-state index in [4.69, 9.17) is 4.43 Å². The van der Waals surface area contributed by atoms with Crippen LogP contribution in [0.3, 0.4) is 0 Å². The molecule has 0 bridgehead atoms. The van der Waals surface area contributed by atoms with Gasteiger partial charge in [-0.25, -0.2) is 0 Å². The van der Waals surface area contributed by atoms with Gasteiger partial charge in [0.25, 0.3) is 0 Å². The van der Waals surface area contributed by atoms with Gasteiger partial charge in [0, 0.05) is 6.10 Å². The lowest BCUT2D eigenvalue weighted by atomic mass is 10.2. The van der Waals surface area contributed by atoms with E-state index in [9.17, 15) is 0 Å². The third-order valence-electron chi connectivity index (χ3n) is 4.67. The van der Waals surface area contributed by atoms with E-state index in [0.29, 0.717) is 15.2 Å². The zero-order valence-corrected chi connectivity index (χ0v) is 15.2. The highest BCUT2D eigenvalue weighted by Gasteiger charge is 2.46. The second-order valence-corrected chi connectivity index (χ2v) is 15.2. The highest BCUT2D eigenvalue weighted by Crippen LogP contribution is 2.54. The van der Waals surface area contributed by atoms with Gasteiger partial charge in [-0.3, -0.25) is 0 Å². The van der Waals surface area contributed by atoms with Crippen LogP contribution < -0.4 is 0 Å². The fraction of sp³-hybridized carbons (Fsp3) is 1.00. The summed E-state index contributed by atoms with van der Waals surface area (Å²) in [4.78, 5) is 0. The van der Waals surface area contributed by atoms with Crippen LogP contribution in [0, 0.1) is 0 Å².